The summed E-state index contributed by atoms with van der Waals surface area (Å²) in [5.41, 5.74) is 3.61. The number of carbonyl (C=O) groups is 1. The molecule has 3 nitrogen and oxygen atoms in total. The maximum absolute atomic E-state index is 12.3. The van der Waals surface area contributed by atoms with Crippen molar-refractivity contribution in [3.63, 3.8) is 0 Å². The van der Waals surface area contributed by atoms with Crippen LogP contribution in [0, 0.1) is 0 Å². The summed E-state index contributed by atoms with van der Waals surface area (Å²) in [6.45, 7) is 0.974. The minimum Gasteiger partial charge on any atom is -0.385 e. The van der Waals surface area contributed by atoms with E-state index in [0.717, 1.165) is 30.8 Å². The van der Waals surface area contributed by atoms with E-state index in [0.29, 0.717) is 15.1 Å². The third-order valence-electron chi connectivity index (χ3n) is 3.50. The van der Waals surface area contributed by atoms with Crippen molar-refractivity contribution in [1.82, 2.24) is 0 Å². The summed E-state index contributed by atoms with van der Waals surface area (Å²) in [5, 5.41) is 6.67. The molecule has 1 aliphatic rings. The highest BCUT2D eigenvalue weighted by molar-refractivity contribution is 9.10. The van der Waals surface area contributed by atoms with Crippen LogP contribution in [-0.2, 0) is 6.42 Å². The summed E-state index contributed by atoms with van der Waals surface area (Å²) in [5.74, 6) is -0.211. The fourth-order valence-corrected chi connectivity index (χ4v) is 2.99. The molecule has 5 heteroatoms. The third kappa shape index (κ3) is 3.06. The molecule has 0 saturated heterocycles. The number of fused-ring (bicyclic) bond motifs is 1. The molecule has 0 spiro atoms. The van der Waals surface area contributed by atoms with Crippen molar-refractivity contribution < 1.29 is 4.79 Å². The second kappa shape index (κ2) is 6.08. The predicted octanol–water partition coefficient (Wildman–Crippen LogP) is 4.71. The standard InChI is InChI=1S/C16H14BrClN2O/c17-13-5-1-4-12(15(13)18)16(21)20-11-7-6-10-3-2-8-19-14(10)9-11/h1,4-7,9,19H,2-3,8H2,(H,20,21). The first-order valence-corrected chi connectivity index (χ1v) is 7.94. The average Bonchev–Trinajstić information content (AvgIpc) is 2.50. The van der Waals surface area contributed by atoms with Gasteiger partial charge in [0.25, 0.3) is 5.91 Å². The lowest BCUT2D eigenvalue weighted by molar-refractivity contribution is 0.102. The van der Waals surface area contributed by atoms with E-state index in [-0.39, 0.29) is 5.91 Å². The maximum atomic E-state index is 12.3. The molecule has 0 bridgehead atoms. The van der Waals surface area contributed by atoms with Crippen molar-refractivity contribution in [3.05, 3.63) is 57.0 Å². The molecular weight excluding hydrogens is 352 g/mol. The number of amides is 1. The van der Waals surface area contributed by atoms with Gasteiger partial charge in [0, 0.05) is 22.4 Å². The molecule has 2 aromatic carbocycles. The van der Waals surface area contributed by atoms with Gasteiger partial charge in [-0.3, -0.25) is 4.79 Å². The second-order valence-electron chi connectivity index (χ2n) is 4.96. The van der Waals surface area contributed by atoms with E-state index in [4.69, 9.17) is 11.6 Å². The number of halogens is 2. The topological polar surface area (TPSA) is 41.1 Å². The molecule has 1 amide bonds. The molecule has 0 aliphatic carbocycles. The highest BCUT2D eigenvalue weighted by Gasteiger charge is 2.14. The van der Waals surface area contributed by atoms with Crippen LogP contribution in [-0.4, -0.2) is 12.5 Å². The van der Waals surface area contributed by atoms with Crippen LogP contribution in [0.1, 0.15) is 22.3 Å². The SMILES string of the molecule is O=C(Nc1ccc2c(c1)NCCC2)c1cccc(Br)c1Cl. The lowest BCUT2D eigenvalue weighted by Crippen LogP contribution is -2.15. The zero-order valence-electron chi connectivity index (χ0n) is 11.2. The predicted molar refractivity (Wildman–Crippen MR) is 90.4 cm³/mol. The van der Waals surface area contributed by atoms with Crippen molar-refractivity contribution in [3.8, 4) is 0 Å². The Kier molecular flexibility index (Phi) is 4.17. The number of benzene rings is 2. The summed E-state index contributed by atoms with van der Waals surface area (Å²) in [6.07, 6.45) is 2.22. The van der Waals surface area contributed by atoms with Gasteiger partial charge in [0.1, 0.15) is 0 Å². The van der Waals surface area contributed by atoms with Gasteiger partial charge in [-0.1, -0.05) is 23.7 Å². The van der Waals surface area contributed by atoms with E-state index in [1.165, 1.54) is 5.56 Å². The molecule has 0 unspecified atom stereocenters. The summed E-state index contributed by atoms with van der Waals surface area (Å²) in [7, 11) is 0. The molecule has 0 saturated carbocycles. The minimum absolute atomic E-state index is 0.211. The van der Waals surface area contributed by atoms with Crippen LogP contribution in [0.5, 0.6) is 0 Å². The van der Waals surface area contributed by atoms with Gasteiger partial charge in [0.15, 0.2) is 0 Å². The number of aryl methyl sites for hydroxylation is 1. The van der Waals surface area contributed by atoms with Crippen LogP contribution in [0.15, 0.2) is 40.9 Å². The van der Waals surface area contributed by atoms with Crippen LogP contribution < -0.4 is 10.6 Å². The van der Waals surface area contributed by atoms with Crippen molar-refractivity contribution in [2.75, 3.05) is 17.2 Å². The van der Waals surface area contributed by atoms with Gasteiger partial charge in [0.2, 0.25) is 0 Å². The minimum atomic E-state index is -0.211. The van der Waals surface area contributed by atoms with Crippen LogP contribution in [0.4, 0.5) is 11.4 Å². The summed E-state index contributed by atoms with van der Waals surface area (Å²) in [4.78, 5) is 12.3. The van der Waals surface area contributed by atoms with E-state index in [9.17, 15) is 4.79 Å². The molecule has 1 heterocycles. The highest BCUT2D eigenvalue weighted by Crippen LogP contribution is 2.28. The summed E-state index contributed by atoms with van der Waals surface area (Å²) in [6, 6.07) is 11.3. The highest BCUT2D eigenvalue weighted by atomic mass is 79.9. The number of nitrogens with one attached hydrogen (secondary N) is 2. The Hall–Kier alpha value is -1.52. The maximum Gasteiger partial charge on any atom is 0.257 e. The lowest BCUT2D eigenvalue weighted by atomic mass is 10.0. The molecule has 0 aromatic heterocycles. The Morgan fingerprint density at radius 2 is 2.14 bits per heavy atom. The summed E-state index contributed by atoms with van der Waals surface area (Å²) < 4.78 is 0.712. The van der Waals surface area contributed by atoms with Gasteiger partial charge in [-0.05, 0) is 58.6 Å². The monoisotopic (exact) mass is 364 g/mol. The first kappa shape index (κ1) is 14.4. The molecule has 2 aromatic rings. The third-order valence-corrected chi connectivity index (χ3v) is 4.80. The zero-order chi connectivity index (χ0) is 14.8. The first-order valence-electron chi connectivity index (χ1n) is 6.77. The van der Waals surface area contributed by atoms with E-state index < -0.39 is 0 Å². The quantitative estimate of drug-likeness (QED) is 0.809. The second-order valence-corrected chi connectivity index (χ2v) is 6.19. The molecule has 0 atom stereocenters. The molecular formula is C16H14BrClN2O. The van der Waals surface area contributed by atoms with Crippen LogP contribution in [0.25, 0.3) is 0 Å². The van der Waals surface area contributed by atoms with Gasteiger partial charge in [0.05, 0.1) is 10.6 Å². The van der Waals surface area contributed by atoms with Gasteiger partial charge in [-0.2, -0.15) is 0 Å². The smallest absolute Gasteiger partial charge is 0.257 e. The number of anilines is 2. The normalized spacial score (nSPS) is 13.2. The number of rotatable bonds is 2. The average molecular weight is 366 g/mol. The van der Waals surface area contributed by atoms with Gasteiger partial charge < -0.3 is 10.6 Å². The summed E-state index contributed by atoms with van der Waals surface area (Å²) >= 11 is 9.48. The molecule has 1 aliphatic heterocycles. The molecule has 2 N–H and O–H groups in total. The molecule has 21 heavy (non-hydrogen) atoms. The Bertz CT molecular complexity index is 703. The Morgan fingerprint density at radius 3 is 3.00 bits per heavy atom. The molecule has 0 radical (unpaired) electrons. The molecule has 0 fully saturated rings. The largest absolute Gasteiger partial charge is 0.385 e. The van der Waals surface area contributed by atoms with Crippen LogP contribution in [0.3, 0.4) is 0 Å². The first-order chi connectivity index (χ1) is 10.1. The van der Waals surface area contributed by atoms with Crippen molar-refractivity contribution in [2.24, 2.45) is 0 Å². The van der Waals surface area contributed by atoms with E-state index in [1.54, 1.807) is 12.1 Å². The fraction of sp³-hybridized carbons (Fsp3) is 0.188. The van der Waals surface area contributed by atoms with E-state index in [1.807, 2.05) is 18.2 Å². The van der Waals surface area contributed by atoms with Crippen molar-refractivity contribution >= 4 is 44.8 Å². The zero-order valence-corrected chi connectivity index (χ0v) is 13.6. The Labute approximate surface area is 136 Å². The van der Waals surface area contributed by atoms with E-state index >= 15 is 0 Å². The fourth-order valence-electron chi connectivity index (χ4n) is 2.42. The van der Waals surface area contributed by atoms with E-state index in [2.05, 4.69) is 32.6 Å². The van der Waals surface area contributed by atoms with Gasteiger partial charge >= 0.3 is 0 Å². The lowest BCUT2D eigenvalue weighted by Gasteiger charge is -2.19. The number of carbonyl (C=O) groups excluding carboxylic acids is 1. The van der Waals surface area contributed by atoms with Crippen LogP contribution >= 0.6 is 27.5 Å². The number of hydrogen-bond donors (Lipinski definition) is 2. The molecule has 3 rings (SSSR count). The van der Waals surface area contributed by atoms with Crippen molar-refractivity contribution in [1.29, 1.82) is 0 Å². The Morgan fingerprint density at radius 1 is 1.29 bits per heavy atom. The van der Waals surface area contributed by atoms with Gasteiger partial charge in [-0.15, -0.1) is 0 Å². The van der Waals surface area contributed by atoms with Crippen molar-refractivity contribution in [2.45, 2.75) is 12.8 Å². The molecule has 108 valence electrons. The van der Waals surface area contributed by atoms with Crippen LogP contribution in [0.2, 0.25) is 5.02 Å². The Balaban J connectivity index is 1.83. The van der Waals surface area contributed by atoms with Gasteiger partial charge in [-0.25, -0.2) is 0 Å². The number of hydrogen-bond acceptors (Lipinski definition) is 2.